The summed E-state index contributed by atoms with van der Waals surface area (Å²) in [5.41, 5.74) is 7.59. The number of hydrogen-bond donors (Lipinski definition) is 1. The van der Waals surface area contributed by atoms with Crippen molar-refractivity contribution in [3.8, 4) is 0 Å². The minimum atomic E-state index is -0.479. The van der Waals surface area contributed by atoms with Crippen LogP contribution in [0, 0.1) is 6.57 Å². The van der Waals surface area contributed by atoms with Crippen LogP contribution in [0.3, 0.4) is 0 Å². The number of benzene rings is 2. The minimum absolute atomic E-state index is 0.429. The first-order valence-corrected chi connectivity index (χ1v) is 5.32. The molecule has 0 aliphatic rings. The smallest absolute Gasteiger partial charge is 0.248 e. The SMILES string of the molecule is [C-]#[N+]c1ccc2oc3ccc(C(N)=O)cc3c2c1. The number of fused-ring (bicyclic) bond motifs is 3. The molecule has 0 atom stereocenters. The summed E-state index contributed by atoms with van der Waals surface area (Å²) in [5.74, 6) is -0.479. The van der Waals surface area contributed by atoms with Crippen molar-refractivity contribution in [3.63, 3.8) is 0 Å². The maximum Gasteiger partial charge on any atom is 0.248 e. The van der Waals surface area contributed by atoms with E-state index in [-0.39, 0.29) is 0 Å². The van der Waals surface area contributed by atoms with Gasteiger partial charge in [-0.2, -0.15) is 0 Å². The van der Waals surface area contributed by atoms with E-state index in [1.165, 1.54) is 0 Å². The van der Waals surface area contributed by atoms with Gasteiger partial charge in [0.1, 0.15) is 11.2 Å². The van der Waals surface area contributed by atoms with E-state index in [4.69, 9.17) is 16.7 Å². The Morgan fingerprint density at radius 3 is 2.44 bits per heavy atom. The van der Waals surface area contributed by atoms with Crippen molar-refractivity contribution < 1.29 is 9.21 Å². The van der Waals surface area contributed by atoms with Crippen molar-refractivity contribution in [2.45, 2.75) is 0 Å². The van der Waals surface area contributed by atoms with Gasteiger partial charge >= 0.3 is 0 Å². The van der Waals surface area contributed by atoms with Gasteiger partial charge in [0, 0.05) is 16.3 Å². The zero-order valence-electron chi connectivity index (χ0n) is 9.31. The van der Waals surface area contributed by atoms with Crippen LogP contribution >= 0.6 is 0 Å². The Kier molecular flexibility index (Phi) is 2.07. The number of hydrogen-bond acceptors (Lipinski definition) is 2. The summed E-state index contributed by atoms with van der Waals surface area (Å²) in [4.78, 5) is 14.6. The summed E-state index contributed by atoms with van der Waals surface area (Å²) in [5, 5.41) is 1.62. The van der Waals surface area contributed by atoms with E-state index >= 15 is 0 Å². The first kappa shape index (κ1) is 10.4. The van der Waals surface area contributed by atoms with Crippen LogP contribution in [0.5, 0.6) is 0 Å². The van der Waals surface area contributed by atoms with Crippen LogP contribution in [-0.4, -0.2) is 5.91 Å². The summed E-state index contributed by atoms with van der Waals surface area (Å²) in [7, 11) is 0. The van der Waals surface area contributed by atoms with E-state index in [9.17, 15) is 4.79 Å². The van der Waals surface area contributed by atoms with Gasteiger partial charge in [0.25, 0.3) is 0 Å². The lowest BCUT2D eigenvalue weighted by Crippen LogP contribution is -2.10. The summed E-state index contributed by atoms with van der Waals surface area (Å²) in [6.07, 6.45) is 0. The molecule has 0 unspecified atom stereocenters. The standard InChI is InChI=1S/C14H8N2O2/c1-16-9-3-5-13-11(7-9)10-6-8(14(15)17)2-4-12(10)18-13/h2-7H,(H2,15,17). The molecule has 0 saturated heterocycles. The molecule has 18 heavy (non-hydrogen) atoms. The molecule has 0 bridgehead atoms. The van der Waals surface area contributed by atoms with Crippen LogP contribution < -0.4 is 5.73 Å². The molecule has 2 aromatic carbocycles. The fourth-order valence-corrected chi connectivity index (χ4v) is 1.99. The predicted molar refractivity (Wildman–Crippen MR) is 68.5 cm³/mol. The molecular weight excluding hydrogens is 228 g/mol. The average molecular weight is 236 g/mol. The highest BCUT2D eigenvalue weighted by Crippen LogP contribution is 2.32. The fraction of sp³-hybridized carbons (Fsp3) is 0. The van der Waals surface area contributed by atoms with Crippen molar-refractivity contribution in [1.82, 2.24) is 0 Å². The molecule has 4 heteroatoms. The molecule has 0 aliphatic carbocycles. The number of nitrogens with two attached hydrogens (primary N) is 1. The van der Waals surface area contributed by atoms with Gasteiger partial charge in [0.15, 0.2) is 5.69 Å². The normalized spacial score (nSPS) is 10.6. The van der Waals surface area contributed by atoms with Crippen LogP contribution in [0.25, 0.3) is 26.8 Å². The van der Waals surface area contributed by atoms with Gasteiger partial charge in [-0.05, 0) is 30.3 Å². The number of furan rings is 1. The van der Waals surface area contributed by atoms with Gasteiger partial charge in [-0.15, -0.1) is 0 Å². The Morgan fingerprint density at radius 2 is 1.78 bits per heavy atom. The molecule has 0 radical (unpaired) electrons. The van der Waals surface area contributed by atoms with Crippen molar-refractivity contribution in [1.29, 1.82) is 0 Å². The van der Waals surface area contributed by atoms with Crippen molar-refractivity contribution in [2.75, 3.05) is 0 Å². The van der Waals surface area contributed by atoms with Crippen LogP contribution in [0.2, 0.25) is 0 Å². The lowest BCUT2D eigenvalue weighted by atomic mass is 10.1. The van der Waals surface area contributed by atoms with Gasteiger partial charge in [-0.3, -0.25) is 4.79 Å². The molecule has 0 spiro atoms. The molecule has 0 fully saturated rings. The van der Waals surface area contributed by atoms with Crippen LogP contribution in [0.4, 0.5) is 5.69 Å². The quantitative estimate of drug-likeness (QED) is 0.659. The Bertz CT molecular complexity index is 825. The molecule has 3 aromatic rings. The number of amides is 1. The molecule has 2 N–H and O–H groups in total. The predicted octanol–water partition coefficient (Wildman–Crippen LogP) is 3.24. The zero-order chi connectivity index (χ0) is 12.7. The molecule has 86 valence electrons. The van der Waals surface area contributed by atoms with Crippen molar-refractivity contribution >= 4 is 33.5 Å². The molecule has 4 nitrogen and oxygen atoms in total. The fourth-order valence-electron chi connectivity index (χ4n) is 1.99. The second-order valence-corrected chi connectivity index (χ2v) is 3.97. The average Bonchev–Trinajstić information content (AvgIpc) is 2.75. The van der Waals surface area contributed by atoms with E-state index in [1.807, 2.05) is 0 Å². The van der Waals surface area contributed by atoms with Gasteiger partial charge in [0.2, 0.25) is 5.91 Å². The van der Waals surface area contributed by atoms with E-state index in [0.29, 0.717) is 22.4 Å². The number of nitrogens with zero attached hydrogens (tertiary/aromatic N) is 1. The van der Waals surface area contributed by atoms with Crippen molar-refractivity contribution in [3.05, 3.63) is 53.4 Å². The monoisotopic (exact) mass is 236 g/mol. The number of carbonyl (C=O) groups is 1. The molecule has 1 aromatic heterocycles. The largest absolute Gasteiger partial charge is 0.456 e. The Balaban J connectivity index is 2.42. The highest BCUT2D eigenvalue weighted by atomic mass is 16.3. The third-order valence-corrected chi connectivity index (χ3v) is 2.87. The lowest BCUT2D eigenvalue weighted by Gasteiger charge is -1.95. The maximum absolute atomic E-state index is 11.2. The second kappa shape index (κ2) is 3.60. The highest BCUT2D eigenvalue weighted by molar-refractivity contribution is 6.08. The topological polar surface area (TPSA) is 60.6 Å². The number of carbonyl (C=O) groups excluding carboxylic acids is 1. The molecule has 0 aliphatic heterocycles. The highest BCUT2D eigenvalue weighted by Gasteiger charge is 2.10. The second-order valence-electron chi connectivity index (χ2n) is 3.97. The van der Waals surface area contributed by atoms with Crippen LogP contribution in [0.15, 0.2) is 40.8 Å². The van der Waals surface area contributed by atoms with Gasteiger partial charge in [-0.25, -0.2) is 4.85 Å². The van der Waals surface area contributed by atoms with E-state index in [2.05, 4.69) is 4.85 Å². The first-order valence-electron chi connectivity index (χ1n) is 5.32. The van der Waals surface area contributed by atoms with E-state index in [0.717, 1.165) is 10.8 Å². The molecule has 3 rings (SSSR count). The minimum Gasteiger partial charge on any atom is -0.456 e. The Morgan fingerprint density at radius 1 is 1.11 bits per heavy atom. The summed E-state index contributed by atoms with van der Waals surface area (Å²) in [6, 6.07) is 10.2. The third kappa shape index (κ3) is 1.42. The molecule has 0 saturated carbocycles. The lowest BCUT2D eigenvalue weighted by molar-refractivity contribution is 0.100. The number of primary amides is 1. The summed E-state index contributed by atoms with van der Waals surface area (Å²) < 4.78 is 5.63. The maximum atomic E-state index is 11.2. The van der Waals surface area contributed by atoms with Gasteiger partial charge < -0.3 is 10.2 Å². The van der Waals surface area contributed by atoms with Gasteiger partial charge in [0.05, 0.1) is 6.57 Å². The molecular formula is C14H8N2O2. The van der Waals surface area contributed by atoms with Gasteiger partial charge in [-0.1, -0.05) is 6.07 Å². The molecule has 1 heterocycles. The third-order valence-electron chi connectivity index (χ3n) is 2.87. The van der Waals surface area contributed by atoms with Crippen molar-refractivity contribution in [2.24, 2.45) is 5.73 Å². The van der Waals surface area contributed by atoms with E-state index < -0.39 is 5.91 Å². The summed E-state index contributed by atoms with van der Waals surface area (Å²) >= 11 is 0. The molecule has 1 amide bonds. The van der Waals surface area contributed by atoms with Crippen LogP contribution in [0.1, 0.15) is 10.4 Å². The van der Waals surface area contributed by atoms with Crippen LogP contribution in [-0.2, 0) is 0 Å². The Labute approximate surface area is 102 Å². The number of rotatable bonds is 1. The van der Waals surface area contributed by atoms with E-state index in [1.54, 1.807) is 36.4 Å². The summed E-state index contributed by atoms with van der Waals surface area (Å²) in [6.45, 7) is 7.01. The Hall–Kier alpha value is -2.80. The zero-order valence-corrected chi connectivity index (χ0v) is 9.31. The first-order chi connectivity index (χ1) is 8.69.